The summed E-state index contributed by atoms with van der Waals surface area (Å²) < 4.78 is 0. The van der Waals surface area contributed by atoms with Crippen LogP contribution in [0.25, 0.3) is 5.57 Å². The number of ketones is 1. The summed E-state index contributed by atoms with van der Waals surface area (Å²) in [6.45, 7) is 11.6. The third-order valence-electron chi connectivity index (χ3n) is 5.42. The van der Waals surface area contributed by atoms with Gasteiger partial charge in [0.05, 0.1) is 16.8 Å². The van der Waals surface area contributed by atoms with Crippen LogP contribution in [0.1, 0.15) is 46.6 Å². The molecule has 3 rings (SSSR count). The minimum atomic E-state index is -0.276. The van der Waals surface area contributed by atoms with Gasteiger partial charge in [0.15, 0.2) is 0 Å². The van der Waals surface area contributed by atoms with Crippen molar-refractivity contribution in [1.29, 1.82) is 0 Å². The Hall–Kier alpha value is -2.82. The smallest absolute Gasteiger partial charge is 0.203 e. The molecule has 2 aliphatic rings. The summed E-state index contributed by atoms with van der Waals surface area (Å²) >= 11 is 0. The zero-order valence-corrected chi connectivity index (χ0v) is 16.6. The molecule has 1 heterocycles. The molecule has 1 aromatic rings. The second-order valence-corrected chi connectivity index (χ2v) is 6.80. The monoisotopic (exact) mass is 366 g/mol. The predicted molar refractivity (Wildman–Crippen MR) is 109 cm³/mol. The van der Waals surface area contributed by atoms with Gasteiger partial charge in [-0.3, -0.25) is 9.79 Å². The largest absolute Gasteiger partial charge is 0.507 e. The maximum Gasteiger partial charge on any atom is 0.203 e. The first-order valence-electron chi connectivity index (χ1n) is 9.42. The van der Waals surface area contributed by atoms with Gasteiger partial charge in [0.1, 0.15) is 11.5 Å². The molecule has 1 aliphatic carbocycles. The second-order valence-electron chi connectivity index (χ2n) is 6.80. The van der Waals surface area contributed by atoms with Gasteiger partial charge < -0.3 is 15.1 Å². The molecule has 0 radical (unpaired) electrons. The fraction of sp³-hybridized carbons (Fsp3) is 0.364. The number of allylic oxidation sites excluding steroid dienone is 4. The zero-order chi connectivity index (χ0) is 19.9. The van der Waals surface area contributed by atoms with Crippen molar-refractivity contribution in [2.75, 3.05) is 18.0 Å². The van der Waals surface area contributed by atoms with Crippen molar-refractivity contribution in [2.45, 2.75) is 41.0 Å². The summed E-state index contributed by atoms with van der Waals surface area (Å²) in [5, 5.41) is 21.0. The van der Waals surface area contributed by atoms with E-state index in [-0.39, 0.29) is 28.4 Å². The van der Waals surface area contributed by atoms with Crippen molar-refractivity contribution in [3.05, 3.63) is 51.9 Å². The molecular formula is C22H26N2O3. The summed E-state index contributed by atoms with van der Waals surface area (Å²) in [6, 6.07) is 5.19. The number of Topliss-reactive ketones (excluding diaryl/α,β-unsaturated/α-hetero) is 1. The SMILES string of the molecule is CCC1=C(C)/C(=C2\C(=O)C(c3ccc(N(CC)CC)cc3O)=C2O)N=C1C. The molecule has 2 N–H and O–H groups in total. The zero-order valence-electron chi connectivity index (χ0n) is 16.6. The number of nitrogens with zero attached hydrogens (tertiary/aromatic N) is 2. The van der Waals surface area contributed by atoms with Gasteiger partial charge in [-0.25, -0.2) is 0 Å². The summed E-state index contributed by atoms with van der Waals surface area (Å²) in [4.78, 5) is 19.4. The topological polar surface area (TPSA) is 73.1 Å². The number of carbonyl (C=O) groups is 1. The van der Waals surface area contributed by atoms with E-state index in [1.165, 1.54) is 0 Å². The van der Waals surface area contributed by atoms with Gasteiger partial charge in [0.2, 0.25) is 5.78 Å². The first-order chi connectivity index (χ1) is 12.8. The molecule has 0 unspecified atom stereocenters. The van der Waals surface area contributed by atoms with Crippen LogP contribution in [-0.4, -0.2) is 34.8 Å². The average Bonchev–Trinajstić information content (AvgIpc) is 2.91. The second kappa shape index (κ2) is 7.06. The molecule has 1 aromatic carbocycles. The highest BCUT2D eigenvalue weighted by atomic mass is 16.3. The molecule has 0 bridgehead atoms. The predicted octanol–water partition coefficient (Wildman–Crippen LogP) is 4.55. The third kappa shape index (κ3) is 2.87. The van der Waals surface area contributed by atoms with E-state index in [0.717, 1.165) is 42.1 Å². The summed E-state index contributed by atoms with van der Waals surface area (Å²) in [6.07, 6.45) is 0.830. The minimum Gasteiger partial charge on any atom is -0.507 e. The minimum absolute atomic E-state index is 0.00837. The number of rotatable bonds is 5. The Bertz CT molecular complexity index is 944. The number of anilines is 1. The van der Waals surface area contributed by atoms with Crippen LogP contribution in [0, 0.1) is 0 Å². The van der Waals surface area contributed by atoms with Gasteiger partial charge in [0.25, 0.3) is 0 Å². The Labute approximate surface area is 160 Å². The van der Waals surface area contributed by atoms with E-state index >= 15 is 0 Å². The number of phenols is 1. The Morgan fingerprint density at radius 1 is 1.04 bits per heavy atom. The molecule has 0 atom stereocenters. The van der Waals surface area contributed by atoms with E-state index in [0.29, 0.717) is 11.3 Å². The molecule has 142 valence electrons. The lowest BCUT2D eigenvalue weighted by molar-refractivity contribution is -0.111. The van der Waals surface area contributed by atoms with Crippen LogP contribution in [0.3, 0.4) is 0 Å². The maximum absolute atomic E-state index is 12.8. The van der Waals surface area contributed by atoms with Crippen molar-refractivity contribution < 1.29 is 15.0 Å². The number of aliphatic imine (C=N–C) groups is 1. The lowest BCUT2D eigenvalue weighted by Gasteiger charge is -2.25. The molecule has 5 heteroatoms. The highest BCUT2D eigenvalue weighted by Crippen LogP contribution is 2.44. The quantitative estimate of drug-likeness (QED) is 0.750. The summed E-state index contributed by atoms with van der Waals surface area (Å²) in [7, 11) is 0. The van der Waals surface area contributed by atoms with Gasteiger partial charge in [-0.05, 0) is 57.4 Å². The fourth-order valence-electron chi connectivity index (χ4n) is 3.89. The van der Waals surface area contributed by atoms with Gasteiger partial charge in [-0.15, -0.1) is 0 Å². The third-order valence-corrected chi connectivity index (χ3v) is 5.42. The van der Waals surface area contributed by atoms with Crippen LogP contribution in [0.2, 0.25) is 0 Å². The summed E-state index contributed by atoms with van der Waals surface area (Å²) in [5.74, 6) is -0.373. The van der Waals surface area contributed by atoms with Crippen LogP contribution in [-0.2, 0) is 4.79 Å². The van der Waals surface area contributed by atoms with Crippen molar-refractivity contribution in [1.82, 2.24) is 0 Å². The number of carbonyl (C=O) groups excluding carboxylic acids is 1. The Morgan fingerprint density at radius 2 is 1.70 bits per heavy atom. The van der Waals surface area contributed by atoms with Crippen LogP contribution >= 0.6 is 0 Å². The van der Waals surface area contributed by atoms with Crippen molar-refractivity contribution in [3.8, 4) is 5.75 Å². The molecule has 0 amide bonds. The van der Waals surface area contributed by atoms with Crippen molar-refractivity contribution >= 4 is 22.8 Å². The number of benzene rings is 1. The Balaban J connectivity index is 2.05. The number of aliphatic hydroxyl groups is 1. The lowest BCUT2D eigenvalue weighted by atomic mass is 9.81. The van der Waals surface area contributed by atoms with Gasteiger partial charge in [-0.2, -0.15) is 0 Å². The number of aromatic hydroxyl groups is 1. The number of hydrogen-bond donors (Lipinski definition) is 2. The van der Waals surface area contributed by atoms with Crippen molar-refractivity contribution in [2.24, 2.45) is 4.99 Å². The Morgan fingerprint density at radius 3 is 2.19 bits per heavy atom. The molecule has 0 fully saturated rings. The first-order valence-corrected chi connectivity index (χ1v) is 9.42. The van der Waals surface area contributed by atoms with Crippen molar-refractivity contribution in [3.63, 3.8) is 0 Å². The molecular weight excluding hydrogens is 340 g/mol. The van der Waals surface area contributed by atoms with E-state index in [9.17, 15) is 15.0 Å². The van der Waals surface area contributed by atoms with E-state index in [1.807, 2.05) is 40.7 Å². The summed E-state index contributed by atoms with van der Waals surface area (Å²) in [5.41, 5.74) is 5.13. The molecule has 5 nitrogen and oxygen atoms in total. The highest BCUT2D eigenvalue weighted by Gasteiger charge is 2.40. The number of hydrogen-bond acceptors (Lipinski definition) is 5. The fourth-order valence-corrected chi connectivity index (χ4v) is 3.89. The van der Waals surface area contributed by atoms with Gasteiger partial charge in [-0.1, -0.05) is 6.92 Å². The lowest BCUT2D eigenvalue weighted by Crippen LogP contribution is -2.24. The van der Waals surface area contributed by atoms with E-state index in [4.69, 9.17) is 0 Å². The van der Waals surface area contributed by atoms with Gasteiger partial charge >= 0.3 is 0 Å². The number of aliphatic hydroxyl groups excluding tert-OH is 1. The standard InChI is InChI=1S/C22H26N2O3/c1-6-15-12(4)20(23-13(15)5)19-21(26)18(22(19)27)16-10-9-14(11-17(16)25)24(7-2)8-3/h9-11,25-26H,6-8H2,1-5H3/b20-19+. The van der Waals surface area contributed by atoms with E-state index < -0.39 is 0 Å². The van der Waals surface area contributed by atoms with E-state index in [2.05, 4.69) is 9.89 Å². The van der Waals surface area contributed by atoms with E-state index in [1.54, 1.807) is 12.1 Å². The average molecular weight is 366 g/mol. The molecule has 1 aliphatic heterocycles. The van der Waals surface area contributed by atoms with Crippen LogP contribution in [0.5, 0.6) is 5.75 Å². The molecule has 27 heavy (non-hydrogen) atoms. The normalized spacial score (nSPS) is 19.6. The van der Waals surface area contributed by atoms with Crippen LogP contribution in [0.15, 0.2) is 51.4 Å². The van der Waals surface area contributed by atoms with Crippen LogP contribution < -0.4 is 4.90 Å². The maximum atomic E-state index is 12.8. The number of phenolic OH excluding ortho intramolecular Hbond substituents is 1. The molecule has 0 saturated heterocycles. The highest BCUT2D eigenvalue weighted by molar-refractivity contribution is 6.40. The van der Waals surface area contributed by atoms with Crippen LogP contribution in [0.4, 0.5) is 5.69 Å². The van der Waals surface area contributed by atoms with Gasteiger partial charge in [0, 0.05) is 36.1 Å². The molecule has 0 aromatic heterocycles. The Kier molecular flexibility index (Phi) is 4.96. The molecule has 0 saturated carbocycles. The first kappa shape index (κ1) is 19.0. The molecule has 0 spiro atoms.